The van der Waals surface area contributed by atoms with E-state index in [4.69, 9.17) is 10.2 Å². The molecule has 0 bridgehead atoms. The van der Waals surface area contributed by atoms with Crippen LogP contribution < -0.4 is 11.1 Å². The van der Waals surface area contributed by atoms with Crippen molar-refractivity contribution in [1.29, 1.82) is 0 Å². The lowest BCUT2D eigenvalue weighted by molar-refractivity contribution is -0.113. The second-order valence-corrected chi connectivity index (χ2v) is 6.16. The minimum atomic E-state index is -0.518. The Balaban J connectivity index is 1.53. The van der Waals surface area contributed by atoms with Gasteiger partial charge in [-0.1, -0.05) is 11.8 Å². The van der Waals surface area contributed by atoms with Gasteiger partial charge in [-0.15, -0.1) is 10.2 Å². The van der Waals surface area contributed by atoms with Crippen molar-refractivity contribution in [2.75, 3.05) is 11.1 Å². The quantitative estimate of drug-likeness (QED) is 0.605. The van der Waals surface area contributed by atoms with Crippen molar-refractivity contribution in [2.45, 2.75) is 18.7 Å². The summed E-state index contributed by atoms with van der Waals surface area (Å²) in [5.41, 5.74) is 6.84. The molecule has 3 aromatic rings. The zero-order chi connectivity index (χ0) is 18.5. The number of nitrogens with one attached hydrogen (secondary N) is 1. The van der Waals surface area contributed by atoms with Gasteiger partial charge >= 0.3 is 0 Å². The standard InChI is InChI=1S/C16H16N6O3S/c1-2-22-8-11(7-18-22)15-20-21-16(25-15)26-9-13(23)19-12-5-3-10(4-6-12)14(17)24/h3-8H,2,9H2,1H3,(H2,17,24)(H,19,23). The summed E-state index contributed by atoms with van der Waals surface area (Å²) in [7, 11) is 0. The molecule has 0 aliphatic carbocycles. The van der Waals surface area contributed by atoms with Crippen molar-refractivity contribution in [3.05, 3.63) is 42.2 Å². The Morgan fingerprint density at radius 3 is 2.69 bits per heavy atom. The Morgan fingerprint density at radius 1 is 1.27 bits per heavy atom. The summed E-state index contributed by atoms with van der Waals surface area (Å²) in [4.78, 5) is 23.0. The first-order valence-electron chi connectivity index (χ1n) is 7.74. The van der Waals surface area contributed by atoms with E-state index in [-0.39, 0.29) is 11.7 Å². The molecular weight excluding hydrogens is 356 g/mol. The maximum Gasteiger partial charge on any atom is 0.277 e. The number of aryl methyl sites for hydroxylation is 1. The Morgan fingerprint density at radius 2 is 2.04 bits per heavy atom. The molecule has 2 amide bonds. The van der Waals surface area contributed by atoms with E-state index in [9.17, 15) is 9.59 Å². The highest BCUT2D eigenvalue weighted by molar-refractivity contribution is 7.99. The maximum atomic E-state index is 12.0. The number of rotatable bonds is 7. The summed E-state index contributed by atoms with van der Waals surface area (Å²) < 4.78 is 7.28. The van der Waals surface area contributed by atoms with E-state index in [2.05, 4.69) is 20.6 Å². The van der Waals surface area contributed by atoms with Crippen LogP contribution >= 0.6 is 11.8 Å². The predicted molar refractivity (Wildman–Crippen MR) is 95.5 cm³/mol. The number of aromatic nitrogens is 4. The summed E-state index contributed by atoms with van der Waals surface area (Å²) in [5, 5.41) is 15.0. The highest BCUT2D eigenvalue weighted by Gasteiger charge is 2.13. The summed E-state index contributed by atoms with van der Waals surface area (Å²) >= 11 is 1.13. The van der Waals surface area contributed by atoms with Crippen LogP contribution in [0, 0.1) is 0 Å². The molecule has 0 atom stereocenters. The lowest BCUT2D eigenvalue weighted by atomic mass is 10.2. The normalized spacial score (nSPS) is 10.7. The number of anilines is 1. The van der Waals surface area contributed by atoms with Crippen LogP contribution in [0.1, 0.15) is 17.3 Å². The Kier molecular flexibility index (Phi) is 5.32. The van der Waals surface area contributed by atoms with Crippen molar-refractivity contribution in [2.24, 2.45) is 5.73 Å². The van der Waals surface area contributed by atoms with Crippen LogP contribution in [0.5, 0.6) is 0 Å². The highest BCUT2D eigenvalue weighted by atomic mass is 32.2. The van der Waals surface area contributed by atoms with E-state index in [0.717, 1.165) is 23.9 Å². The van der Waals surface area contributed by atoms with E-state index in [1.165, 1.54) is 0 Å². The molecule has 1 aromatic carbocycles. The zero-order valence-corrected chi connectivity index (χ0v) is 14.7. The smallest absolute Gasteiger partial charge is 0.277 e. The topological polar surface area (TPSA) is 129 Å². The number of nitrogens with zero attached hydrogens (tertiary/aromatic N) is 4. The summed E-state index contributed by atoms with van der Waals surface area (Å²) in [6.45, 7) is 2.72. The second kappa shape index (κ2) is 7.83. The van der Waals surface area contributed by atoms with Gasteiger partial charge < -0.3 is 15.5 Å². The van der Waals surface area contributed by atoms with Gasteiger partial charge in [-0.2, -0.15) is 5.10 Å². The first-order valence-corrected chi connectivity index (χ1v) is 8.72. The minimum absolute atomic E-state index is 0.105. The van der Waals surface area contributed by atoms with Crippen LogP contribution in [-0.2, 0) is 11.3 Å². The molecule has 0 unspecified atom stereocenters. The lowest BCUT2D eigenvalue weighted by Crippen LogP contribution is -2.15. The molecule has 0 radical (unpaired) electrons. The van der Waals surface area contributed by atoms with E-state index < -0.39 is 5.91 Å². The molecule has 3 N–H and O–H groups in total. The molecule has 0 fully saturated rings. The molecule has 2 heterocycles. The molecule has 9 nitrogen and oxygen atoms in total. The number of amides is 2. The van der Waals surface area contributed by atoms with E-state index in [0.29, 0.717) is 22.4 Å². The molecule has 2 aromatic heterocycles. The van der Waals surface area contributed by atoms with Crippen LogP contribution in [-0.4, -0.2) is 37.5 Å². The molecule has 3 rings (SSSR count). The third kappa shape index (κ3) is 4.28. The third-order valence-electron chi connectivity index (χ3n) is 3.39. The SMILES string of the molecule is CCn1cc(-c2nnc(SCC(=O)Nc3ccc(C(N)=O)cc3)o2)cn1. The fraction of sp³-hybridized carbons (Fsp3) is 0.188. The van der Waals surface area contributed by atoms with E-state index >= 15 is 0 Å². The van der Waals surface area contributed by atoms with E-state index in [1.807, 2.05) is 13.1 Å². The van der Waals surface area contributed by atoms with Gasteiger partial charge in [0.15, 0.2) is 0 Å². The molecule has 0 saturated carbocycles. The summed E-state index contributed by atoms with van der Waals surface area (Å²) in [6, 6.07) is 6.31. The number of hydrogen-bond acceptors (Lipinski definition) is 7. The molecule has 0 aliphatic heterocycles. The van der Waals surface area contributed by atoms with Gasteiger partial charge in [0.25, 0.3) is 11.1 Å². The third-order valence-corrected chi connectivity index (χ3v) is 4.21. The van der Waals surface area contributed by atoms with Crippen molar-refractivity contribution in [3.63, 3.8) is 0 Å². The Bertz CT molecular complexity index is 918. The van der Waals surface area contributed by atoms with Crippen molar-refractivity contribution in [1.82, 2.24) is 20.0 Å². The molecule has 26 heavy (non-hydrogen) atoms. The number of primary amides is 1. The molecule has 0 spiro atoms. The van der Waals surface area contributed by atoms with Gasteiger partial charge in [0.05, 0.1) is 17.5 Å². The number of benzene rings is 1. The second-order valence-electron chi connectivity index (χ2n) is 5.24. The van der Waals surface area contributed by atoms with Crippen molar-refractivity contribution < 1.29 is 14.0 Å². The lowest BCUT2D eigenvalue weighted by Gasteiger charge is -2.04. The summed E-state index contributed by atoms with van der Waals surface area (Å²) in [5.74, 6) is -0.293. The number of nitrogens with two attached hydrogens (primary N) is 1. The fourth-order valence-corrected chi connectivity index (χ4v) is 2.64. The van der Waals surface area contributed by atoms with Crippen LogP contribution in [0.4, 0.5) is 5.69 Å². The number of hydrogen-bond donors (Lipinski definition) is 2. The average Bonchev–Trinajstić information content (AvgIpc) is 3.29. The first kappa shape index (κ1) is 17.7. The van der Waals surface area contributed by atoms with Gasteiger partial charge in [-0.05, 0) is 31.2 Å². The van der Waals surface area contributed by atoms with Crippen LogP contribution in [0.3, 0.4) is 0 Å². The van der Waals surface area contributed by atoms with Crippen molar-refractivity contribution >= 4 is 29.3 Å². The van der Waals surface area contributed by atoms with Gasteiger partial charge in [0.2, 0.25) is 11.8 Å². The molecular formula is C16H16N6O3S. The van der Waals surface area contributed by atoms with Gasteiger partial charge in [-0.3, -0.25) is 14.3 Å². The molecule has 134 valence electrons. The van der Waals surface area contributed by atoms with E-state index in [1.54, 1.807) is 35.1 Å². The van der Waals surface area contributed by atoms with Crippen LogP contribution in [0.25, 0.3) is 11.5 Å². The zero-order valence-electron chi connectivity index (χ0n) is 13.9. The van der Waals surface area contributed by atoms with Gasteiger partial charge in [0, 0.05) is 24.0 Å². The van der Waals surface area contributed by atoms with Crippen LogP contribution in [0.15, 0.2) is 46.3 Å². The molecule has 10 heteroatoms. The highest BCUT2D eigenvalue weighted by Crippen LogP contribution is 2.23. The fourth-order valence-electron chi connectivity index (χ4n) is 2.07. The number of carbonyl (C=O) groups is 2. The minimum Gasteiger partial charge on any atom is -0.411 e. The predicted octanol–water partition coefficient (Wildman–Crippen LogP) is 1.78. The van der Waals surface area contributed by atoms with Gasteiger partial charge in [0.1, 0.15) is 0 Å². The molecule has 0 aliphatic rings. The average molecular weight is 372 g/mol. The monoisotopic (exact) mass is 372 g/mol. The largest absolute Gasteiger partial charge is 0.411 e. The molecule has 0 saturated heterocycles. The Labute approximate surface area is 153 Å². The number of thioether (sulfide) groups is 1. The first-order chi connectivity index (χ1) is 12.5. The number of carbonyl (C=O) groups excluding carboxylic acids is 2. The Hall–Kier alpha value is -3.14. The van der Waals surface area contributed by atoms with Crippen molar-refractivity contribution in [3.8, 4) is 11.5 Å². The van der Waals surface area contributed by atoms with Crippen LogP contribution in [0.2, 0.25) is 0 Å². The summed E-state index contributed by atoms with van der Waals surface area (Å²) in [6.07, 6.45) is 3.46. The maximum absolute atomic E-state index is 12.0. The van der Waals surface area contributed by atoms with Gasteiger partial charge in [-0.25, -0.2) is 0 Å².